The van der Waals surface area contributed by atoms with Crippen LogP contribution < -0.4 is 10.6 Å². The Hall–Kier alpha value is -1.73. The smallest absolute Gasteiger partial charge is 0.209 e. The van der Waals surface area contributed by atoms with Gasteiger partial charge in [-0.1, -0.05) is 37.7 Å². The molecular weight excluding hydrogens is 324 g/mol. The second kappa shape index (κ2) is 7.90. The monoisotopic (exact) mass is 348 g/mol. The van der Waals surface area contributed by atoms with Crippen molar-refractivity contribution in [3.63, 3.8) is 0 Å². The highest BCUT2D eigenvalue weighted by Crippen LogP contribution is 2.23. The van der Waals surface area contributed by atoms with Crippen molar-refractivity contribution in [1.82, 2.24) is 14.9 Å². The molecule has 1 aromatic heterocycles. The first-order valence-corrected chi connectivity index (χ1v) is 9.28. The van der Waals surface area contributed by atoms with E-state index in [1.807, 2.05) is 12.1 Å². The van der Waals surface area contributed by atoms with Crippen molar-refractivity contribution in [2.75, 3.05) is 18.2 Å². The number of nitrogens with zero attached hydrogens (tertiary/aromatic N) is 3. The van der Waals surface area contributed by atoms with Crippen LogP contribution in [-0.2, 0) is 11.3 Å². The molecule has 0 aliphatic carbocycles. The van der Waals surface area contributed by atoms with E-state index in [1.54, 1.807) is 11.8 Å². The predicted molar refractivity (Wildman–Crippen MR) is 94.7 cm³/mol. The van der Waals surface area contributed by atoms with Crippen molar-refractivity contribution in [3.05, 3.63) is 35.7 Å². The maximum atomic E-state index is 6.07. The Kier molecular flexibility index (Phi) is 5.63. The zero-order valence-electron chi connectivity index (χ0n) is 14.1. The molecule has 24 heavy (non-hydrogen) atoms. The maximum Gasteiger partial charge on any atom is 0.209 e. The highest BCUT2D eigenvalue weighted by atomic mass is 32.2. The van der Waals surface area contributed by atoms with E-state index < -0.39 is 0 Å². The zero-order chi connectivity index (χ0) is 16.9. The summed E-state index contributed by atoms with van der Waals surface area (Å²) >= 11 is 1.58. The summed E-state index contributed by atoms with van der Waals surface area (Å²) in [7, 11) is 0. The molecule has 0 spiro atoms. The number of rotatable bonds is 7. The van der Waals surface area contributed by atoms with Gasteiger partial charge in [0.2, 0.25) is 5.16 Å². The lowest BCUT2D eigenvalue weighted by atomic mass is 10.0. The number of ether oxygens (including phenoxy) is 2. The van der Waals surface area contributed by atoms with Gasteiger partial charge in [-0.25, -0.2) is 4.68 Å². The minimum absolute atomic E-state index is 0.297. The molecule has 7 heteroatoms. The van der Waals surface area contributed by atoms with Gasteiger partial charge in [0.25, 0.3) is 0 Å². The molecule has 0 saturated carbocycles. The Balaban J connectivity index is 1.53. The second-order valence-electron chi connectivity index (χ2n) is 6.23. The Morgan fingerprint density at radius 1 is 1.33 bits per heavy atom. The van der Waals surface area contributed by atoms with Gasteiger partial charge in [-0.3, -0.25) is 0 Å². The van der Waals surface area contributed by atoms with Crippen LogP contribution in [0.25, 0.3) is 0 Å². The molecule has 2 aromatic rings. The van der Waals surface area contributed by atoms with E-state index >= 15 is 0 Å². The third-order valence-corrected chi connectivity index (χ3v) is 5.15. The number of hydrogen-bond donors (Lipinski definition) is 1. The van der Waals surface area contributed by atoms with Crippen molar-refractivity contribution in [3.8, 4) is 5.75 Å². The van der Waals surface area contributed by atoms with E-state index in [2.05, 4.69) is 36.2 Å². The third-order valence-electron chi connectivity index (χ3n) is 4.07. The van der Waals surface area contributed by atoms with Crippen LogP contribution >= 0.6 is 11.8 Å². The summed E-state index contributed by atoms with van der Waals surface area (Å²) in [5.74, 6) is 8.84. The molecule has 3 rings (SSSR count). The Bertz CT molecular complexity index is 651. The van der Waals surface area contributed by atoms with Gasteiger partial charge < -0.3 is 15.3 Å². The number of nitrogens with two attached hydrogens (primary N) is 1. The summed E-state index contributed by atoms with van der Waals surface area (Å²) in [6.45, 7) is 5.49. The molecule has 2 N–H and O–H groups in total. The fraction of sp³-hybridized carbons (Fsp3) is 0.529. The highest BCUT2D eigenvalue weighted by molar-refractivity contribution is 7.99. The minimum Gasteiger partial charge on any atom is -0.486 e. The number of nitrogen functional groups attached to an aromatic ring is 1. The standard InChI is InChI=1S/C17H24N4O2S/c1-12(2)13-5-7-14(8-6-13)23-10-16-19-20-17(21(16)18)24-11-15-4-3-9-22-15/h5-8,12,15H,3-4,9-11,18H2,1-2H3. The van der Waals surface area contributed by atoms with Crippen molar-refractivity contribution in [2.24, 2.45) is 0 Å². The number of thioether (sulfide) groups is 1. The second-order valence-corrected chi connectivity index (χ2v) is 7.21. The van der Waals surface area contributed by atoms with E-state index in [0.29, 0.717) is 29.6 Å². The van der Waals surface area contributed by atoms with Gasteiger partial charge in [0.1, 0.15) is 12.4 Å². The molecule has 1 atom stereocenters. The molecule has 1 aliphatic heterocycles. The average Bonchev–Trinajstić information content (AvgIpc) is 3.21. The number of hydrogen-bond acceptors (Lipinski definition) is 6. The van der Waals surface area contributed by atoms with Gasteiger partial charge in [-0.15, -0.1) is 10.2 Å². The van der Waals surface area contributed by atoms with Gasteiger partial charge in [0.05, 0.1) is 6.10 Å². The van der Waals surface area contributed by atoms with Crippen LogP contribution in [0.2, 0.25) is 0 Å². The van der Waals surface area contributed by atoms with Crippen LogP contribution in [0.15, 0.2) is 29.4 Å². The first-order chi connectivity index (χ1) is 11.6. The molecule has 1 aliphatic rings. The van der Waals surface area contributed by atoms with Gasteiger partial charge in [0.15, 0.2) is 5.82 Å². The average molecular weight is 348 g/mol. The lowest BCUT2D eigenvalue weighted by Crippen LogP contribution is -2.17. The number of aromatic nitrogens is 3. The van der Waals surface area contributed by atoms with Gasteiger partial charge in [-0.05, 0) is 36.5 Å². The van der Waals surface area contributed by atoms with Crippen molar-refractivity contribution in [1.29, 1.82) is 0 Å². The summed E-state index contributed by atoms with van der Waals surface area (Å²) < 4.78 is 12.9. The van der Waals surface area contributed by atoms with Gasteiger partial charge in [0, 0.05) is 12.4 Å². The molecule has 0 bridgehead atoms. The lowest BCUT2D eigenvalue weighted by Gasteiger charge is -2.09. The van der Waals surface area contributed by atoms with Crippen LogP contribution in [0, 0.1) is 0 Å². The first-order valence-electron chi connectivity index (χ1n) is 8.30. The molecule has 1 aromatic carbocycles. The fourth-order valence-electron chi connectivity index (χ4n) is 2.54. The maximum absolute atomic E-state index is 6.07. The normalized spacial score (nSPS) is 17.5. The Labute approximate surface area is 146 Å². The predicted octanol–water partition coefficient (Wildman–Crippen LogP) is 2.97. The molecule has 0 radical (unpaired) electrons. The third kappa shape index (κ3) is 4.21. The molecule has 6 nitrogen and oxygen atoms in total. The Morgan fingerprint density at radius 3 is 2.79 bits per heavy atom. The van der Waals surface area contributed by atoms with Gasteiger partial charge >= 0.3 is 0 Å². The van der Waals surface area contributed by atoms with Crippen molar-refractivity contribution < 1.29 is 9.47 Å². The van der Waals surface area contributed by atoms with Gasteiger partial charge in [-0.2, -0.15) is 0 Å². The topological polar surface area (TPSA) is 75.2 Å². The van der Waals surface area contributed by atoms with E-state index in [4.69, 9.17) is 15.3 Å². The van der Waals surface area contributed by atoms with Crippen LogP contribution in [0.5, 0.6) is 5.75 Å². The zero-order valence-corrected chi connectivity index (χ0v) is 15.0. The Morgan fingerprint density at radius 2 is 2.12 bits per heavy atom. The SMILES string of the molecule is CC(C)c1ccc(OCc2nnc(SCC3CCCO3)n2N)cc1. The molecule has 130 valence electrons. The summed E-state index contributed by atoms with van der Waals surface area (Å²) in [6.07, 6.45) is 2.54. The molecule has 1 saturated heterocycles. The summed E-state index contributed by atoms with van der Waals surface area (Å²) in [4.78, 5) is 0. The van der Waals surface area contributed by atoms with Crippen molar-refractivity contribution in [2.45, 2.75) is 50.5 Å². The summed E-state index contributed by atoms with van der Waals surface area (Å²) in [5, 5.41) is 8.96. The van der Waals surface area contributed by atoms with E-state index in [-0.39, 0.29) is 0 Å². The largest absolute Gasteiger partial charge is 0.486 e. The quantitative estimate of drug-likeness (QED) is 0.612. The lowest BCUT2D eigenvalue weighted by molar-refractivity contribution is 0.129. The van der Waals surface area contributed by atoms with Crippen LogP contribution in [0.4, 0.5) is 0 Å². The van der Waals surface area contributed by atoms with E-state index in [0.717, 1.165) is 31.0 Å². The minimum atomic E-state index is 0.297. The first kappa shape index (κ1) is 17.1. The molecule has 0 amide bonds. The van der Waals surface area contributed by atoms with Crippen LogP contribution in [0.3, 0.4) is 0 Å². The fourth-order valence-corrected chi connectivity index (χ4v) is 3.49. The molecule has 1 unspecified atom stereocenters. The van der Waals surface area contributed by atoms with E-state index in [1.165, 1.54) is 10.2 Å². The highest BCUT2D eigenvalue weighted by Gasteiger charge is 2.18. The van der Waals surface area contributed by atoms with E-state index in [9.17, 15) is 0 Å². The summed E-state index contributed by atoms with van der Waals surface area (Å²) in [6, 6.07) is 8.10. The number of benzene rings is 1. The van der Waals surface area contributed by atoms with Crippen LogP contribution in [-0.4, -0.2) is 33.3 Å². The van der Waals surface area contributed by atoms with Crippen LogP contribution in [0.1, 0.15) is 44.0 Å². The van der Waals surface area contributed by atoms with Crippen molar-refractivity contribution >= 4 is 11.8 Å². The summed E-state index contributed by atoms with van der Waals surface area (Å²) in [5.41, 5.74) is 1.29. The molecule has 1 fully saturated rings. The molecule has 2 heterocycles. The molecular formula is C17H24N4O2S.